The minimum atomic E-state index is 0.0175. The van der Waals surface area contributed by atoms with Crippen LogP contribution >= 0.6 is 0 Å². The highest BCUT2D eigenvalue weighted by Gasteiger charge is 2.32. The van der Waals surface area contributed by atoms with Crippen molar-refractivity contribution in [1.29, 1.82) is 0 Å². The van der Waals surface area contributed by atoms with Crippen LogP contribution in [0.4, 0.5) is 0 Å². The number of nitrogens with two attached hydrogens (primary N) is 1. The van der Waals surface area contributed by atoms with E-state index in [1.165, 1.54) is 5.56 Å². The standard InChI is InChI=1S/C14H18N4O/c1-2-18-8-10(7-16-18)14(17-15)12-9-19-13-6-4-3-5-11(12)13/h3-8,12,14,17H,2,9,15H2,1H3. The summed E-state index contributed by atoms with van der Waals surface area (Å²) in [5.41, 5.74) is 5.20. The van der Waals surface area contributed by atoms with Gasteiger partial charge in [-0.3, -0.25) is 16.0 Å². The summed E-state index contributed by atoms with van der Waals surface area (Å²) in [4.78, 5) is 0. The highest BCUT2D eigenvalue weighted by molar-refractivity contribution is 5.41. The fourth-order valence-electron chi connectivity index (χ4n) is 2.62. The minimum absolute atomic E-state index is 0.0175. The second-order valence-electron chi connectivity index (χ2n) is 4.73. The van der Waals surface area contributed by atoms with Gasteiger partial charge in [0, 0.05) is 29.8 Å². The zero-order chi connectivity index (χ0) is 13.2. The topological polar surface area (TPSA) is 65.1 Å². The SMILES string of the molecule is CCn1cc(C(NN)C2COc3ccccc32)cn1. The Labute approximate surface area is 112 Å². The number of hydrazine groups is 1. The number of hydrogen-bond acceptors (Lipinski definition) is 4. The summed E-state index contributed by atoms with van der Waals surface area (Å²) >= 11 is 0. The van der Waals surface area contributed by atoms with E-state index in [4.69, 9.17) is 10.6 Å². The van der Waals surface area contributed by atoms with Crippen molar-refractivity contribution in [3.63, 3.8) is 0 Å². The van der Waals surface area contributed by atoms with Crippen LogP contribution in [0.5, 0.6) is 5.75 Å². The first-order chi connectivity index (χ1) is 9.33. The molecule has 2 unspecified atom stereocenters. The summed E-state index contributed by atoms with van der Waals surface area (Å²) in [5.74, 6) is 6.92. The van der Waals surface area contributed by atoms with E-state index in [0.717, 1.165) is 17.9 Å². The summed E-state index contributed by atoms with van der Waals surface area (Å²) in [7, 11) is 0. The van der Waals surface area contributed by atoms with Gasteiger partial charge in [0.05, 0.1) is 18.8 Å². The van der Waals surface area contributed by atoms with E-state index in [-0.39, 0.29) is 12.0 Å². The normalized spacial score (nSPS) is 18.9. The molecule has 0 aliphatic carbocycles. The maximum Gasteiger partial charge on any atom is 0.122 e. The van der Waals surface area contributed by atoms with Crippen LogP contribution in [0.2, 0.25) is 0 Å². The Balaban J connectivity index is 1.91. The van der Waals surface area contributed by atoms with Gasteiger partial charge in [0.25, 0.3) is 0 Å². The number of fused-ring (bicyclic) bond motifs is 1. The molecule has 19 heavy (non-hydrogen) atoms. The fraction of sp³-hybridized carbons (Fsp3) is 0.357. The van der Waals surface area contributed by atoms with E-state index < -0.39 is 0 Å². The molecule has 0 bridgehead atoms. The zero-order valence-corrected chi connectivity index (χ0v) is 10.9. The largest absolute Gasteiger partial charge is 0.493 e. The van der Waals surface area contributed by atoms with Crippen LogP contribution < -0.4 is 16.0 Å². The Morgan fingerprint density at radius 2 is 2.37 bits per heavy atom. The molecule has 5 nitrogen and oxygen atoms in total. The van der Waals surface area contributed by atoms with E-state index in [0.29, 0.717) is 6.61 Å². The number of nitrogens with one attached hydrogen (secondary N) is 1. The Morgan fingerprint density at radius 3 is 3.11 bits per heavy atom. The van der Waals surface area contributed by atoms with Gasteiger partial charge in [-0.25, -0.2) is 0 Å². The van der Waals surface area contributed by atoms with E-state index >= 15 is 0 Å². The van der Waals surface area contributed by atoms with Gasteiger partial charge in [0.2, 0.25) is 0 Å². The van der Waals surface area contributed by atoms with E-state index in [1.54, 1.807) is 0 Å². The Kier molecular flexibility index (Phi) is 3.23. The van der Waals surface area contributed by atoms with Crippen molar-refractivity contribution >= 4 is 0 Å². The van der Waals surface area contributed by atoms with Crippen molar-refractivity contribution in [1.82, 2.24) is 15.2 Å². The summed E-state index contributed by atoms with van der Waals surface area (Å²) in [6, 6.07) is 8.13. The molecular weight excluding hydrogens is 240 g/mol. The summed E-state index contributed by atoms with van der Waals surface area (Å²) < 4.78 is 7.63. The lowest BCUT2D eigenvalue weighted by molar-refractivity contribution is 0.300. The predicted molar refractivity (Wildman–Crippen MR) is 72.6 cm³/mol. The maximum absolute atomic E-state index is 5.75. The molecule has 0 spiro atoms. The molecule has 3 rings (SSSR count). The number of aryl methyl sites for hydroxylation is 1. The Bertz CT molecular complexity index is 566. The zero-order valence-electron chi connectivity index (χ0n) is 10.9. The van der Waals surface area contributed by atoms with Crippen LogP contribution in [0.1, 0.15) is 30.0 Å². The van der Waals surface area contributed by atoms with Gasteiger partial charge in [-0.2, -0.15) is 5.10 Å². The Hall–Kier alpha value is -1.85. The number of rotatable bonds is 4. The van der Waals surface area contributed by atoms with Crippen LogP contribution in [0.25, 0.3) is 0 Å². The number of benzene rings is 1. The molecule has 1 aromatic carbocycles. The second kappa shape index (κ2) is 5.03. The smallest absolute Gasteiger partial charge is 0.122 e. The molecule has 5 heteroatoms. The van der Waals surface area contributed by atoms with Crippen molar-refractivity contribution in [3.05, 3.63) is 47.8 Å². The average molecular weight is 258 g/mol. The maximum atomic E-state index is 5.75. The molecule has 1 aromatic heterocycles. The van der Waals surface area contributed by atoms with Gasteiger partial charge in [0.15, 0.2) is 0 Å². The molecule has 0 saturated heterocycles. The van der Waals surface area contributed by atoms with Crippen molar-refractivity contribution in [2.24, 2.45) is 5.84 Å². The molecule has 2 aromatic rings. The Morgan fingerprint density at radius 1 is 1.53 bits per heavy atom. The van der Waals surface area contributed by atoms with Gasteiger partial charge in [-0.05, 0) is 13.0 Å². The molecule has 0 amide bonds. The number of nitrogens with zero attached hydrogens (tertiary/aromatic N) is 2. The molecule has 1 aliphatic heterocycles. The van der Waals surface area contributed by atoms with E-state index in [9.17, 15) is 0 Å². The molecule has 100 valence electrons. The van der Waals surface area contributed by atoms with E-state index in [2.05, 4.69) is 23.5 Å². The highest BCUT2D eigenvalue weighted by atomic mass is 16.5. The molecule has 0 radical (unpaired) electrons. The van der Waals surface area contributed by atoms with Gasteiger partial charge in [0.1, 0.15) is 5.75 Å². The van der Waals surface area contributed by atoms with Gasteiger partial charge in [-0.15, -0.1) is 0 Å². The first-order valence-electron chi connectivity index (χ1n) is 6.53. The third-order valence-corrected chi connectivity index (χ3v) is 3.66. The number of para-hydroxylation sites is 1. The number of hydrogen-bond donors (Lipinski definition) is 2. The van der Waals surface area contributed by atoms with Crippen LogP contribution in [-0.4, -0.2) is 16.4 Å². The molecular formula is C14H18N4O. The molecule has 2 atom stereocenters. The molecule has 0 fully saturated rings. The first kappa shape index (κ1) is 12.2. The average Bonchev–Trinajstić information content (AvgIpc) is 3.07. The minimum Gasteiger partial charge on any atom is -0.493 e. The van der Waals surface area contributed by atoms with Gasteiger partial charge in [-0.1, -0.05) is 18.2 Å². The van der Waals surface area contributed by atoms with Crippen LogP contribution in [0.3, 0.4) is 0 Å². The monoisotopic (exact) mass is 258 g/mol. The van der Waals surface area contributed by atoms with Crippen LogP contribution in [-0.2, 0) is 6.54 Å². The second-order valence-corrected chi connectivity index (χ2v) is 4.73. The molecule has 2 heterocycles. The van der Waals surface area contributed by atoms with Crippen molar-refractivity contribution in [2.45, 2.75) is 25.4 Å². The number of aromatic nitrogens is 2. The lowest BCUT2D eigenvalue weighted by Crippen LogP contribution is -2.33. The van der Waals surface area contributed by atoms with Crippen molar-refractivity contribution in [3.8, 4) is 5.75 Å². The van der Waals surface area contributed by atoms with Crippen molar-refractivity contribution < 1.29 is 4.74 Å². The number of ether oxygens (including phenoxy) is 1. The quantitative estimate of drug-likeness (QED) is 0.645. The van der Waals surface area contributed by atoms with Gasteiger partial charge >= 0.3 is 0 Å². The third kappa shape index (κ3) is 2.11. The fourth-order valence-corrected chi connectivity index (χ4v) is 2.62. The highest BCUT2D eigenvalue weighted by Crippen LogP contribution is 2.40. The van der Waals surface area contributed by atoms with Crippen molar-refractivity contribution in [2.75, 3.05) is 6.61 Å². The summed E-state index contributed by atoms with van der Waals surface area (Å²) in [6.45, 7) is 3.57. The van der Waals surface area contributed by atoms with Gasteiger partial charge < -0.3 is 4.74 Å². The molecule has 3 N–H and O–H groups in total. The third-order valence-electron chi connectivity index (χ3n) is 3.66. The summed E-state index contributed by atoms with van der Waals surface area (Å²) in [6.07, 6.45) is 3.90. The van der Waals surface area contributed by atoms with Crippen LogP contribution in [0, 0.1) is 0 Å². The summed E-state index contributed by atoms with van der Waals surface area (Å²) in [5, 5.41) is 4.31. The molecule has 0 saturated carbocycles. The first-order valence-corrected chi connectivity index (χ1v) is 6.53. The lowest BCUT2D eigenvalue weighted by atomic mass is 9.90. The van der Waals surface area contributed by atoms with E-state index in [1.807, 2.05) is 35.3 Å². The van der Waals surface area contributed by atoms with Crippen LogP contribution in [0.15, 0.2) is 36.7 Å². The lowest BCUT2D eigenvalue weighted by Gasteiger charge is -2.20. The molecule has 1 aliphatic rings. The predicted octanol–water partition coefficient (Wildman–Crippen LogP) is 1.58.